The third-order valence-corrected chi connectivity index (χ3v) is 4.68. The standard InChI is InChI=1S/C21H24N4O/c22-13-17-8-10-20(11-9-17)24-21(26)23-14-19-7-4-12-25(16-19)15-18-5-2-1-3-6-18/h1-3,5-6,8-11,19H,4,7,12,14-16H2,(H2,23,24,26). The number of carbonyl (C=O) groups is 1. The quantitative estimate of drug-likeness (QED) is 0.867. The van der Waals surface area contributed by atoms with E-state index in [9.17, 15) is 4.79 Å². The summed E-state index contributed by atoms with van der Waals surface area (Å²) in [7, 11) is 0. The third-order valence-electron chi connectivity index (χ3n) is 4.68. The molecule has 0 bridgehead atoms. The van der Waals surface area contributed by atoms with Gasteiger partial charge in [-0.2, -0.15) is 5.26 Å². The van der Waals surface area contributed by atoms with Crippen molar-refractivity contribution in [3.05, 3.63) is 65.7 Å². The number of nitrogens with zero attached hydrogens (tertiary/aromatic N) is 2. The van der Waals surface area contributed by atoms with Crippen molar-refractivity contribution in [3.63, 3.8) is 0 Å². The van der Waals surface area contributed by atoms with Crippen molar-refractivity contribution < 1.29 is 4.79 Å². The van der Waals surface area contributed by atoms with Crippen molar-refractivity contribution in [2.75, 3.05) is 25.0 Å². The first-order chi connectivity index (χ1) is 12.7. The van der Waals surface area contributed by atoms with Gasteiger partial charge in [0.15, 0.2) is 0 Å². The third kappa shape index (κ3) is 5.33. The minimum absolute atomic E-state index is 0.199. The molecule has 1 saturated heterocycles. The predicted molar refractivity (Wildman–Crippen MR) is 103 cm³/mol. The number of carbonyl (C=O) groups excluding carboxylic acids is 1. The van der Waals surface area contributed by atoms with E-state index in [4.69, 9.17) is 5.26 Å². The van der Waals surface area contributed by atoms with Crippen molar-refractivity contribution in [3.8, 4) is 6.07 Å². The van der Waals surface area contributed by atoms with Crippen LogP contribution in [0.5, 0.6) is 0 Å². The molecule has 1 unspecified atom stereocenters. The fourth-order valence-electron chi connectivity index (χ4n) is 3.34. The van der Waals surface area contributed by atoms with Crippen LogP contribution in [-0.2, 0) is 6.54 Å². The number of urea groups is 1. The zero-order chi connectivity index (χ0) is 18.2. The van der Waals surface area contributed by atoms with Crippen LogP contribution in [0.1, 0.15) is 24.0 Å². The first-order valence-corrected chi connectivity index (χ1v) is 9.04. The Labute approximate surface area is 154 Å². The molecule has 0 saturated carbocycles. The van der Waals surface area contributed by atoms with Gasteiger partial charge in [0.1, 0.15) is 0 Å². The van der Waals surface area contributed by atoms with Crippen molar-refractivity contribution in [1.82, 2.24) is 10.2 Å². The number of piperidine rings is 1. The Morgan fingerprint density at radius 3 is 2.65 bits per heavy atom. The summed E-state index contributed by atoms with van der Waals surface area (Å²) in [5.41, 5.74) is 2.60. The molecule has 5 nitrogen and oxygen atoms in total. The van der Waals surface area contributed by atoms with E-state index in [0.29, 0.717) is 23.7 Å². The van der Waals surface area contributed by atoms with Gasteiger partial charge in [-0.3, -0.25) is 4.90 Å². The Morgan fingerprint density at radius 2 is 1.92 bits per heavy atom. The van der Waals surface area contributed by atoms with E-state index < -0.39 is 0 Å². The van der Waals surface area contributed by atoms with Crippen LogP contribution >= 0.6 is 0 Å². The topological polar surface area (TPSA) is 68.2 Å². The summed E-state index contributed by atoms with van der Waals surface area (Å²) in [5, 5.41) is 14.6. The summed E-state index contributed by atoms with van der Waals surface area (Å²) in [6.45, 7) is 3.76. The minimum Gasteiger partial charge on any atom is -0.338 e. The maximum Gasteiger partial charge on any atom is 0.319 e. The molecule has 134 valence electrons. The first-order valence-electron chi connectivity index (χ1n) is 9.04. The molecule has 2 N–H and O–H groups in total. The number of anilines is 1. The summed E-state index contributed by atoms with van der Waals surface area (Å²) in [6, 6.07) is 19.2. The van der Waals surface area contributed by atoms with Gasteiger partial charge in [0.05, 0.1) is 11.6 Å². The molecule has 1 heterocycles. The lowest BCUT2D eigenvalue weighted by atomic mass is 9.97. The molecule has 0 radical (unpaired) electrons. The summed E-state index contributed by atoms with van der Waals surface area (Å²) >= 11 is 0. The fraction of sp³-hybridized carbons (Fsp3) is 0.333. The van der Waals surface area contributed by atoms with E-state index in [1.807, 2.05) is 6.07 Å². The van der Waals surface area contributed by atoms with Crippen LogP contribution < -0.4 is 10.6 Å². The molecule has 1 aliphatic heterocycles. The lowest BCUT2D eigenvalue weighted by molar-refractivity contribution is 0.166. The Balaban J connectivity index is 1.43. The number of nitriles is 1. The van der Waals surface area contributed by atoms with Gasteiger partial charge in [-0.1, -0.05) is 30.3 Å². The molecule has 2 aromatic rings. The van der Waals surface area contributed by atoms with Gasteiger partial charge >= 0.3 is 6.03 Å². The fourth-order valence-corrected chi connectivity index (χ4v) is 3.34. The number of nitrogens with one attached hydrogen (secondary N) is 2. The lowest BCUT2D eigenvalue weighted by Crippen LogP contribution is -2.41. The number of likely N-dealkylation sites (tertiary alicyclic amines) is 1. The monoisotopic (exact) mass is 348 g/mol. The number of rotatable bonds is 5. The van der Waals surface area contributed by atoms with Crippen molar-refractivity contribution >= 4 is 11.7 Å². The van der Waals surface area contributed by atoms with Gasteiger partial charge in [-0.05, 0) is 55.1 Å². The van der Waals surface area contributed by atoms with Gasteiger partial charge in [0.25, 0.3) is 0 Å². The molecule has 3 rings (SSSR count). The average Bonchev–Trinajstić information content (AvgIpc) is 2.68. The van der Waals surface area contributed by atoms with Crippen molar-refractivity contribution in [2.24, 2.45) is 5.92 Å². The summed E-state index contributed by atoms with van der Waals surface area (Å²) in [6.07, 6.45) is 2.30. The largest absolute Gasteiger partial charge is 0.338 e. The zero-order valence-electron chi connectivity index (χ0n) is 14.8. The number of hydrogen-bond donors (Lipinski definition) is 2. The molecule has 0 aliphatic carbocycles. The van der Waals surface area contributed by atoms with Gasteiger partial charge < -0.3 is 10.6 Å². The van der Waals surface area contributed by atoms with Crippen LogP contribution in [0.25, 0.3) is 0 Å². The van der Waals surface area contributed by atoms with Gasteiger partial charge in [0.2, 0.25) is 0 Å². The van der Waals surface area contributed by atoms with Crippen LogP contribution in [0.3, 0.4) is 0 Å². The molecule has 2 aromatic carbocycles. The van der Waals surface area contributed by atoms with E-state index in [2.05, 4.69) is 45.9 Å². The second kappa shape index (κ2) is 9.02. The Hall–Kier alpha value is -2.84. The highest BCUT2D eigenvalue weighted by molar-refractivity contribution is 5.89. The van der Waals surface area contributed by atoms with Crippen molar-refractivity contribution in [2.45, 2.75) is 19.4 Å². The normalized spacial score (nSPS) is 17.3. The van der Waals surface area contributed by atoms with Crippen LogP contribution in [0.4, 0.5) is 10.5 Å². The summed E-state index contributed by atoms with van der Waals surface area (Å²) in [4.78, 5) is 14.5. The molecular weight excluding hydrogens is 324 g/mol. The Morgan fingerprint density at radius 1 is 1.15 bits per heavy atom. The van der Waals surface area contributed by atoms with Gasteiger partial charge in [-0.15, -0.1) is 0 Å². The molecule has 1 aliphatic rings. The van der Waals surface area contributed by atoms with Crippen LogP contribution in [0, 0.1) is 17.2 Å². The summed E-state index contributed by atoms with van der Waals surface area (Å²) in [5.74, 6) is 0.471. The van der Waals surface area contributed by atoms with Crippen molar-refractivity contribution in [1.29, 1.82) is 5.26 Å². The van der Waals surface area contributed by atoms with E-state index >= 15 is 0 Å². The predicted octanol–water partition coefficient (Wildman–Crippen LogP) is 3.59. The van der Waals surface area contributed by atoms with Crippen LogP contribution in [0.15, 0.2) is 54.6 Å². The highest BCUT2D eigenvalue weighted by atomic mass is 16.2. The molecule has 5 heteroatoms. The molecule has 0 aromatic heterocycles. The van der Waals surface area contributed by atoms with E-state index in [1.54, 1.807) is 24.3 Å². The second-order valence-electron chi connectivity index (χ2n) is 6.75. The molecular formula is C21H24N4O. The molecule has 26 heavy (non-hydrogen) atoms. The summed E-state index contributed by atoms with van der Waals surface area (Å²) < 4.78 is 0. The minimum atomic E-state index is -0.199. The molecule has 1 fully saturated rings. The highest BCUT2D eigenvalue weighted by Gasteiger charge is 2.20. The average molecular weight is 348 g/mol. The van der Waals surface area contributed by atoms with Crippen LogP contribution in [-0.4, -0.2) is 30.6 Å². The Bertz CT molecular complexity index is 752. The maximum atomic E-state index is 12.1. The molecule has 1 atom stereocenters. The molecule has 2 amide bonds. The number of benzene rings is 2. The van der Waals surface area contributed by atoms with E-state index in [-0.39, 0.29) is 6.03 Å². The Kier molecular flexibility index (Phi) is 6.24. The second-order valence-corrected chi connectivity index (χ2v) is 6.75. The van der Waals surface area contributed by atoms with Crippen LogP contribution in [0.2, 0.25) is 0 Å². The zero-order valence-corrected chi connectivity index (χ0v) is 14.8. The highest BCUT2D eigenvalue weighted by Crippen LogP contribution is 2.18. The smallest absolute Gasteiger partial charge is 0.319 e. The number of hydrogen-bond acceptors (Lipinski definition) is 3. The van der Waals surface area contributed by atoms with Gasteiger partial charge in [0, 0.05) is 25.3 Å². The number of amides is 2. The SMILES string of the molecule is N#Cc1ccc(NC(=O)NCC2CCCN(Cc3ccccc3)C2)cc1. The lowest BCUT2D eigenvalue weighted by Gasteiger charge is -2.32. The van der Waals surface area contributed by atoms with Gasteiger partial charge in [-0.25, -0.2) is 4.79 Å². The van der Waals surface area contributed by atoms with E-state index in [1.165, 1.54) is 5.56 Å². The maximum absolute atomic E-state index is 12.1. The first kappa shape index (κ1) is 18.0. The molecule has 0 spiro atoms. The van der Waals surface area contributed by atoms with E-state index in [0.717, 1.165) is 32.5 Å².